The van der Waals surface area contributed by atoms with Crippen molar-refractivity contribution in [2.75, 3.05) is 27.8 Å². The highest BCUT2D eigenvalue weighted by Gasteiger charge is 2.39. The Balaban J connectivity index is 1.49. The molecule has 0 spiro atoms. The molecule has 0 heterocycles. The van der Waals surface area contributed by atoms with E-state index in [1.165, 1.54) is 31.2 Å². The molecule has 0 unspecified atom stereocenters. The number of likely N-dealkylation sites (N-methyl/N-ethyl adjacent to an activating group) is 1. The van der Waals surface area contributed by atoms with Crippen LogP contribution in [0.25, 0.3) is 0 Å². The van der Waals surface area contributed by atoms with Crippen molar-refractivity contribution in [3.8, 4) is 11.5 Å². The molecule has 4 nitrogen and oxygen atoms in total. The lowest BCUT2D eigenvalue weighted by atomic mass is 9.95. The van der Waals surface area contributed by atoms with Crippen LogP contribution in [0.1, 0.15) is 31.2 Å². The van der Waals surface area contributed by atoms with Gasteiger partial charge in [-0.25, -0.2) is 0 Å². The Kier molecular flexibility index (Phi) is 5.49. The average Bonchev–Trinajstić information content (AvgIpc) is 3.22. The van der Waals surface area contributed by atoms with Gasteiger partial charge < -0.3 is 19.7 Å². The second kappa shape index (κ2) is 7.60. The molecule has 132 valence electrons. The molecule has 0 aliphatic heterocycles. The van der Waals surface area contributed by atoms with Gasteiger partial charge in [0.15, 0.2) is 16.6 Å². The standard InChI is InChI=1S/C19H28N2O2S/c1-21(19(24)20-16-11-14-4-6-15(16)10-14)9-8-13-5-7-17(22-2)18(12-13)23-3/h5,7,12,14-16H,4,6,8-11H2,1-3H3,(H,20,24)/t14-,15+,16+/m1/s1. The van der Waals surface area contributed by atoms with Gasteiger partial charge in [-0.3, -0.25) is 0 Å². The maximum absolute atomic E-state index is 5.60. The Labute approximate surface area is 150 Å². The number of rotatable bonds is 6. The van der Waals surface area contributed by atoms with E-state index in [-0.39, 0.29) is 0 Å². The molecule has 3 atom stereocenters. The number of methoxy groups -OCH3 is 2. The topological polar surface area (TPSA) is 33.7 Å². The van der Waals surface area contributed by atoms with Crippen LogP contribution < -0.4 is 14.8 Å². The lowest BCUT2D eigenvalue weighted by molar-refractivity contribution is 0.354. The van der Waals surface area contributed by atoms with Gasteiger partial charge in [0, 0.05) is 19.6 Å². The third kappa shape index (κ3) is 3.77. The monoisotopic (exact) mass is 348 g/mol. The van der Waals surface area contributed by atoms with Crippen molar-refractivity contribution in [2.45, 2.75) is 38.1 Å². The fraction of sp³-hybridized carbons (Fsp3) is 0.632. The van der Waals surface area contributed by atoms with Gasteiger partial charge in [0.2, 0.25) is 0 Å². The van der Waals surface area contributed by atoms with Crippen molar-refractivity contribution in [2.24, 2.45) is 11.8 Å². The van der Waals surface area contributed by atoms with Crippen molar-refractivity contribution in [3.05, 3.63) is 23.8 Å². The number of nitrogens with one attached hydrogen (secondary N) is 1. The Morgan fingerprint density at radius 2 is 2.00 bits per heavy atom. The normalized spacial score (nSPS) is 24.7. The van der Waals surface area contributed by atoms with Gasteiger partial charge in [-0.1, -0.05) is 12.5 Å². The summed E-state index contributed by atoms with van der Waals surface area (Å²) >= 11 is 5.60. The molecule has 5 heteroatoms. The SMILES string of the molecule is COc1ccc(CCN(C)C(=S)N[C@H]2C[C@@H]3CC[C@H]2C3)cc1OC. The first-order chi connectivity index (χ1) is 11.6. The summed E-state index contributed by atoms with van der Waals surface area (Å²) in [7, 11) is 5.40. The van der Waals surface area contributed by atoms with E-state index >= 15 is 0 Å². The summed E-state index contributed by atoms with van der Waals surface area (Å²) in [5, 5.41) is 4.48. The number of nitrogens with zero attached hydrogens (tertiary/aromatic N) is 1. The molecule has 2 saturated carbocycles. The van der Waals surface area contributed by atoms with Gasteiger partial charge in [-0.05, 0) is 67.4 Å². The molecule has 0 radical (unpaired) electrons. The molecule has 0 aromatic heterocycles. The maximum Gasteiger partial charge on any atom is 0.168 e. The summed E-state index contributed by atoms with van der Waals surface area (Å²) in [5.74, 6) is 3.32. The van der Waals surface area contributed by atoms with Crippen LogP contribution in [0, 0.1) is 11.8 Å². The molecule has 2 fully saturated rings. The number of benzene rings is 1. The van der Waals surface area contributed by atoms with Crippen LogP contribution in [0.4, 0.5) is 0 Å². The van der Waals surface area contributed by atoms with Crippen LogP contribution >= 0.6 is 12.2 Å². The molecule has 1 N–H and O–H groups in total. The van der Waals surface area contributed by atoms with Crippen LogP contribution in [0.5, 0.6) is 11.5 Å². The molecular weight excluding hydrogens is 320 g/mol. The van der Waals surface area contributed by atoms with Crippen LogP contribution in [-0.4, -0.2) is 43.9 Å². The third-order valence-corrected chi connectivity index (χ3v) is 6.01. The van der Waals surface area contributed by atoms with E-state index in [0.717, 1.165) is 41.4 Å². The predicted octanol–water partition coefficient (Wildman–Crippen LogP) is 3.24. The largest absolute Gasteiger partial charge is 0.493 e. The van der Waals surface area contributed by atoms with Gasteiger partial charge in [0.1, 0.15) is 0 Å². The predicted molar refractivity (Wildman–Crippen MR) is 101 cm³/mol. The zero-order valence-corrected chi connectivity index (χ0v) is 15.7. The minimum atomic E-state index is 0.597. The summed E-state index contributed by atoms with van der Waals surface area (Å²) in [6.07, 6.45) is 6.42. The lowest BCUT2D eigenvalue weighted by Crippen LogP contribution is -2.45. The summed E-state index contributed by atoms with van der Waals surface area (Å²) < 4.78 is 10.7. The first-order valence-corrected chi connectivity index (χ1v) is 9.24. The van der Waals surface area contributed by atoms with E-state index in [9.17, 15) is 0 Å². The minimum Gasteiger partial charge on any atom is -0.493 e. The van der Waals surface area contributed by atoms with Crippen LogP contribution in [0.3, 0.4) is 0 Å². The Morgan fingerprint density at radius 1 is 1.21 bits per heavy atom. The number of ether oxygens (including phenoxy) is 2. The zero-order chi connectivity index (χ0) is 17.1. The van der Waals surface area contributed by atoms with Crippen LogP contribution in [0.15, 0.2) is 18.2 Å². The Morgan fingerprint density at radius 3 is 2.62 bits per heavy atom. The number of thiocarbonyl (C=S) groups is 1. The van der Waals surface area contributed by atoms with Crippen LogP contribution in [-0.2, 0) is 6.42 Å². The van der Waals surface area contributed by atoms with Gasteiger partial charge >= 0.3 is 0 Å². The summed E-state index contributed by atoms with van der Waals surface area (Å²) in [4.78, 5) is 2.15. The summed E-state index contributed by atoms with van der Waals surface area (Å²) in [5.41, 5.74) is 1.22. The summed E-state index contributed by atoms with van der Waals surface area (Å²) in [6, 6.07) is 6.68. The first kappa shape index (κ1) is 17.3. The highest BCUT2D eigenvalue weighted by molar-refractivity contribution is 7.80. The van der Waals surface area contributed by atoms with Gasteiger partial charge in [0.25, 0.3) is 0 Å². The molecule has 2 bridgehead atoms. The molecular formula is C19H28N2O2S. The van der Waals surface area contributed by atoms with Crippen molar-refractivity contribution >= 4 is 17.3 Å². The quantitative estimate of drug-likeness (QED) is 0.798. The minimum absolute atomic E-state index is 0.597. The molecule has 2 aliphatic rings. The number of hydrogen-bond acceptors (Lipinski definition) is 3. The molecule has 1 aromatic rings. The molecule has 1 aromatic carbocycles. The smallest absolute Gasteiger partial charge is 0.168 e. The average molecular weight is 349 g/mol. The van der Waals surface area contributed by atoms with E-state index in [1.54, 1.807) is 14.2 Å². The van der Waals surface area contributed by atoms with Gasteiger partial charge in [0.05, 0.1) is 14.2 Å². The Bertz CT molecular complexity index is 593. The zero-order valence-electron chi connectivity index (χ0n) is 14.9. The second-order valence-electron chi connectivity index (χ2n) is 7.09. The molecule has 2 aliphatic carbocycles. The third-order valence-electron chi connectivity index (χ3n) is 5.58. The van der Waals surface area contributed by atoms with E-state index in [0.29, 0.717) is 6.04 Å². The van der Waals surface area contributed by atoms with E-state index < -0.39 is 0 Å². The first-order valence-electron chi connectivity index (χ1n) is 8.83. The van der Waals surface area contributed by atoms with Crippen molar-refractivity contribution < 1.29 is 9.47 Å². The highest BCUT2D eigenvalue weighted by Crippen LogP contribution is 2.44. The van der Waals surface area contributed by atoms with E-state index in [2.05, 4.69) is 23.3 Å². The maximum atomic E-state index is 5.60. The Hall–Kier alpha value is -1.49. The number of hydrogen-bond donors (Lipinski definition) is 1. The van der Waals surface area contributed by atoms with Gasteiger partial charge in [-0.15, -0.1) is 0 Å². The molecule has 0 amide bonds. The van der Waals surface area contributed by atoms with Crippen molar-refractivity contribution in [1.82, 2.24) is 10.2 Å². The molecule has 0 saturated heterocycles. The molecule has 3 rings (SSSR count). The van der Waals surface area contributed by atoms with Crippen molar-refractivity contribution in [3.63, 3.8) is 0 Å². The fourth-order valence-corrected chi connectivity index (χ4v) is 4.37. The number of fused-ring (bicyclic) bond motifs is 2. The second-order valence-corrected chi connectivity index (χ2v) is 7.48. The van der Waals surface area contributed by atoms with Crippen LogP contribution in [0.2, 0.25) is 0 Å². The van der Waals surface area contributed by atoms with Crippen molar-refractivity contribution in [1.29, 1.82) is 0 Å². The fourth-order valence-electron chi connectivity index (χ4n) is 4.12. The van der Waals surface area contributed by atoms with E-state index in [4.69, 9.17) is 21.7 Å². The van der Waals surface area contributed by atoms with E-state index in [1.807, 2.05) is 12.1 Å². The molecule has 24 heavy (non-hydrogen) atoms. The summed E-state index contributed by atoms with van der Waals surface area (Å²) in [6.45, 7) is 0.891. The highest BCUT2D eigenvalue weighted by atomic mass is 32.1. The van der Waals surface area contributed by atoms with Gasteiger partial charge in [-0.2, -0.15) is 0 Å². The lowest BCUT2D eigenvalue weighted by Gasteiger charge is -2.28.